The van der Waals surface area contributed by atoms with Gasteiger partial charge in [-0.25, -0.2) is 37.1 Å². The highest BCUT2D eigenvalue weighted by atomic mass is 32.2. The molecule has 1 saturated carbocycles. The second-order valence-electron chi connectivity index (χ2n) is 35.5. The molecule has 5 aromatic carbocycles. The number of ether oxygens (including phenoxy) is 9. The van der Waals surface area contributed by atoms with Crippen molar-refractivity contribution in [1.29, 1.82) is 5.41 Å². The minimum atomic E-state index is -4.29. The van der Waals surface area contributed by atoms with Crippen molar-refractivity contribution in [3.63, 3.8) is 0 Å². The first-order chi connectivity index (χ1) is 59.7. The first-order valence-electron chi connectivity index (χ1n) is 42.9. The van der Waals surface area contributed by atoms with Crippen LogP contribution in [0.2, 0.25) is 0 Å². The number of aliphatic imine (C=N–C) groups is 1. The van der Waals surface area contributed by atoms with Crippen LogP contribution in [0, 0.1) is 49.9 Å². The molecule has 126 heavy (non-hydrogen) atoms. The van der Waals surface area contributed by atoms with Gasteiger partial charge in [0.05, 0.1) is 36.7 Å². The molecule has 11 N–H and O–H groups in total. The first kappa shape index (κ1) is 94.5. The number of rotatable bonds is 32. The van der Waals surface area contributed by atoms with Gasteiger partial charge in [-0.05, 0) is 247 Å². The molecular weight excluding hydrogens is 1640 g/mol. The first-order valence-corrected chi connectivity index (χ1v) is 44.4. The largest absolute Gasteiger partial charge is 0.493 e. The number of allylic oxidation sites excluding steroid dienone is 1. The van der Waals surface area contributed by atoms with Crippen molar-refractivity contribution in [2.24, 2.45) is 28.7 Å². The van der Waals surface area contributed by atoms with E-state index in [1.54, 1.807) is 106 Å². The van der Waals surface area contributed by atoms with Crippen LogP contribution in [-0.2, 0) is 77.8 Å². The Morgan fingerprint density at radius 3 is 2.12 bits per heavy atom. The molecular formula is C91H119N13O21S. The van der Waals surface area contributed by atoms with Gasteiger partial charge in [0.2, 0.25) is 41.5 Å². The molecule has 9 atom stereocenters. The number of anilines is 1. The van der Waals surface area contributed by atoms with Gasteiger partial charge in [-0.1, -0.05) is 56.2 Å². The number of methoxy groups -OCH3 is 1. The topological polar surface area (TPSA) is 448 Å². The van der Waals surface area contributed by atoms with Crippen molar-refractivity contribution in [2.75, 3.05) is 58.3 Å². The molecule has 5 aromatic rings. The highest BCUT2D eigenvalue weighted by Crippen LogP contribution is 2.67. The highest BCUT2D eigenvalue weighted by molar-refractivity contribution is 7.90. The third kappa shape index (κ3) is 24.3. The summed E-state index contributed by atoms with van der Waals surface area (Å²) >= 11 is 0. The van der Waals surface area contributed by atoms with Crippen LogP contribution in [0.25, 0.3) is 0 Å². The third-order valence-corrected chi connectivity index (χ3v) is 25.0. The fourth-order valence-corrected chi connectivity index (χ4v) is 18.9. The average molecular weight is 1760 g/mol. The molecule has 1 spiro atoms. The summed E-state index contributed by atoms with van der Waals surface area (Å²) in [7, 11) is -2.68. The van der Waals surface area contributed by atoms with Crippen LogP contribution in [0.3, 0.4) is 0 Å². The van der Waals surface area contributed by atoms with Gasteiger partial charge in [0.15, 0.2) is 17.6 Å². The minimum absolute atomic E-state index is 0.00114. The normalized spacial score (nSPS) is 19.8. The van der Waals surface area contributed by atoms with Gasteiger partial charge in [0.25, 0.3) is 10.0 Å². The van der Waals surface area contributed by atoms with E-state index in [9.17, 15) is 51.6 Å². The van der Waals surface area contributed by atoms with E-state index in [2.05, 4.69) is 70.6 Å². The lowest BCUT2D eigenvalue weighted by atomic mass is 9.47. The van der Waals surface area contributed by atoms with E-state index in [0.717, 1.165) is 36.0 Å². The number of hydrogen-bond acceptors (Lipinski definition) is 22. The van der Waals surface area contributed by atoms with E-state index in [-0.39, 0.29) is 112 Å². The predicted octanol–water partition coefficient (Wildman–Crippen LogP) is 10.7. The number of hydrogen-bond donors (Lipinski definition) is 11. The van der Waals surface area contributed by atoms with Crippen LogP contribution in [0.5, 0.6) is 28.7 Å². The maximum atomic E-state index is 15.1. The van der Waals surface area contributed by atoms with Gasteiger partial charge in [-0.3, -0.25) is 34.7 Å². The fraction of sp³-hybridized carbons (Fsp3) is 0.516. The van der Waals surface area contributed by atoms with E-state index in [1.807, 2.05) is 32.1 Å². The van der Waals surface area contributed by atoms with Crippen molar-refractivity contribution < 1.29 is 99.0 Å². The molecule has 3 aliphatic heterocycles. The summed E-state index contributed by atoms with van der Waals surface area (Å²) in [6, 6.07) is 22.1. The van der Waals surface area contributed by atoms with Crippen LogP contribution in [-0.4, -0.2) is 179 Å². The van der Waals surface area contributed by atoms with Crippen molar-refractivity contribution in [1.82, 2.24) is 52.2 Å². The highest BCUT2D eigenvalue weighted by Gasteiger charge is 2.65. The number of carbonyl (C=O) groups is 10. The lowest BCUT2D eigenvalue weighted by Crippen LogP contribution is -2.58. The number of sulfonamides is 1. The Labute approximate surface area is 734 Å². The lowest BCUT2D eigenvalue weighted by molar-refractivity contribution is -0.130. The molecule has 3 heterocycles. The SMILES string of the molecule is COc1ccc2c3c1O[C@H]1C(OC(=O)N4CCC(C(=O)NCCCCC[C@H](NC(=O)OCc5ccccc5)C(=O)NCCOc5ccc(C(=O)Oc6ccc(NC(=NC(=O)OC(C)(C)C)NC(=O)OC(C)(C)C)cc6)cc5)CC4CNC(=O)[C@H](CCCNC(=N)NS(=O)(=O)c4c(C)c(C)c5c(c4C)CC(C)(C)O5)NC(=O)CNC(C)=O)=CC[C@H]4[C@@H](C2)C(C)CC[C@]314. The molecule has 35 heteroatoms. The molecule has 11 rings (SSSR count). The van der Waals surface area contributed by atoms with Gasteiger partial charge in [-0.2, -0.15) is 0 Å². The zero-order valence-corrected chi connectivity index (χ0v) is 74.9. The Bertz CT molecular complexity index is 5070. The van der Waals surface area contributed by atoms with Gasteiger partial charge >= 0.3 is 30.3 Å². The number of unbranched alkanes of at least 4 members (excludes halogenated alkanes) is 2. The van der Waals surface area contributed by atoms with Crippen molar-refractivity contribution in [3.05, 3.63) is 147 Å². The van der Waals surface area contributed by atoms with E-state index in [0.29, 0.717) is 95.1 Å². The van der Waals surface area contributed by atoms with Crippen LogP contribution in [0.1, 0.15) is 189 Å². The number of piperidine rings is 1. The maximum Gasteiger partial charge on any atom is 0.437 e. The van der Waals surface area contributed by atoms with Gasteiger partial charge in [-0.15, -0.1) is 4.99 Å². The quantitative estimate of drug-likeness (QED) is 0.00476. The molecule has 680 valence electrons. The van der Waals surface area contributed by atoms with E-state index in [1.165, 1.54) is 53.8 Å². The van der Waals surface area contributed by atoms with Gasteiger partial charge in [0, 0.05) is 67.7 Å². The number of nitrogens with one attached hydrogen (secondary N) is 11. The summed E-state index contributed by atoms with van der Waals surface area (Å²) in [5.74, 6) is -0.906. The Balaban J connectivity index is 0.698. The molecule has 3 aliphatic carbocycles. The fourth-order valence-electron chi connectivity index (χ4n) is 17.4. The average Bonchev–Trinajstić information content (AvgIpc) is 1.50. The van der Waals surface area contributed by atoms with Crippen LogP contribution < -0.4 is 76.3 Å². The van der Waals surface area contributed by atoms with Crippen molar-refractivity contribution in [2.45, 2.75) is 231 Å². The summed E-state index contributed by atoms with van der Waals surface area (Å²) in [4.78, 5) is 141. The van der Waals surface area contributed by atoms with Crippen molar-refractivity contribution in [3.8, 4) is 28.7 Å². The molecule has 1 saturated heterocycles. The number of likely N-dealkylation sites (tertiary alicyclic amines) is 1. The zero-order valence-electron chi connectivity index (χ0n) is 74.1. The van der Waals surface area contributed by atoms with Crippen LogP contribution in [0.4, 0.5) is 24.9 Å². The van der Waals surface area contributed by atoms with Gasteiger partial charge < -0.3 is 90.1 Å². The predicted molar refractivity (Wildman–Crippen MR) is 467 cm³/mol. The summed E-state index contributed by atoms with van der Waals surface area (Å²) in [6.07, 6.45) is 3.76. The monoisotopic (exact) mass is 1760 g/mol. The Kier molecular flexibility index (Phi) is 30.6. The smallest absolute Gasteiger partial charge is 0.437 e. The summed E-state index contributed by atoms with van der Waals surface area (Å²) < 4.78 is 83.5. The number of carbonyl (C=O) groups excluding carboxylic acids is 10. The van der Waals surface area contributed by atoms with Crippen molar-refractivity contribution >= 4 is 87.5 Å². The van der Waals surface area contributed by atoms with Gasteiger partial charge in [0.1, 0.15) is 65.1 Å². The summed E-state index contributed by atoms with van der Waals surface area (Å²) in [5.41, 5.74) is 3.35. The Hall–Kier alpha value is -12.2. The molecule has 9 amide bonds. The molecule has 6 aliphatic rings. The number of esters is 1. The summed E-state index contributed by atoms with van der Waals surface area (Å²) in [5, 5.41) is 33.4. The lowest BCUT2D eigenvalue weighted by Gasteiger charge is -2.56. The molecule has 2 bridgehead atoms. The number of fused-ring (bicyclic) bond motifs is 1. The standard InChI is InChI=1S/C91H119N13O21S/c1-52-38-40-91-67-35-37-71(77(91)122-75-70(117-14)36-28-59(73(75)91)47-65(52)67)121-87(114)104-44-39-60(46-62(104)49-97-80(109)68(99-72(106)50-96-56(5)105)25-21-42-95-82(92)103-126(115,116)76-54(3)53(2)74-66(55(76)4)48-90(12,13)123-74)78(107)93-41-20-16-19-24-69(100-84(111)119-51-57-22-17-15-18-23-57)79(108)94-43-45-118-63-31-26-58(27-32-63)81(110)120-64-33-29-61(30-34-64)98-83(101-85(112)124-88(6,7)8)102-86(113)125-89(9,10)11/h15,17-18,22-23,26-34,36-37,52,60,62,65,67-69,77H,16,19-21,24-25,35,38-51H2,1-14H3,(H,93,107)(H,94,108)(H,96,105)(H,97,109)(H,99,106)(H,100,111)(H3,92,95,103)(H2,98,101,102,112,113)/t52?,60?,62?,65-,67-,68-,69-,77-,91-/m0/s1. The number of nitrogens with zero attached hydrogens (tertiary/aromatic N) is 2. The number of amides is 9. The summed E-state index contributed by atoms with van der Waals surface area (Å²) in [6.45, 7) is 22.2. The number of benzene rings is 5. The number of guanidine groups is 2. The zero-order chi connectivity index (χ0) is 91.2. The second kappa shape index (κ2) is 40.9. The molecule has 0 aromatic heterocycles. The Morgan fingerprint density at radius 1 is 0.722 bits per heavy atom. The van der Waals surface area contributed by atoms with E-state index in [4.69, 9.17) is 48.0 Å². The molecule has 0 radical (unpaired) electrons. The Morgan fingerprint density at radius 2 is 1.41 bits per heavy atom. The van der Waals surface area contributed by atoms with E-state index < -0.39 is 129 Å². The molecule has 34 nitrogen and oxygen atoms in total. The molecule has 3 unspecified atom stereocenters. The van der Waals surface area contributed by atoms with Crippen LogP contribution >= 0.6 is 0 Å². The van der Waals surface area contributed by atoms with Crippen LogP contribution in [0.15, 0.2) is 113 Å². The second-order valence-corrected chi connectivity index (χ2v) is 37.1. The minimum Gasteiger partial charge on any atom is -0.493 e. The van der Waals surface area contributed by atoms with E-state index >= 15 is 4.79 Å². The molecule has 2 fully saturated rings. The number of alkyl carbamates (subject to hydrolysis) is 2. The maximum absolute atomic E-state index is 15.1. The third-order valence-electron chi connectivity index (χ3n) is 23.4.